The van der Waals surface area contributed by atoms with Gasteiger partial charge in [0.2, 0.25) is 10.0 Å². The fraction of sp³-hybridized carbons (Fsp3) is 0.368. The minimum absolute atomic E-state index is 0.00541. The maximum absolute atomic E-state index is 14.5. The van der Waals surface area contributed by atoms with Crippen LogP contribution in [0.2, 0.25) is 10.0 Å². The Morgan fingerprint density at radius 3 is 2.29 bits per heavy atom. The van der Waals surface area contributed by atoms with Crippen LogP contribution in [0.15, 0.2) is 40.1 Å². The Balaban J connectivity index is 1.76. The van der Waals surface area contributed by atoms with Crippen molar-refractivity contribution in [3.8, 4) is 0 Å². The largest absolute Gasteiger partial charge is 0.398 e. The topological polar surface area (TPSA) is 40.6 Å². The predicted octanol–water partition coefficient (Wildman–Crippen LogP) is 5.61. The van der Waals surface area contributed by atoms with Crippen molar-refractivity contribution in [1.29, 1.82) is 0 Å². The molecule has 0 radical (unpaired) electrons. The second-order valence-electron chi connectivity index (χ2n) is 6.94. The normalized spacial score (nSPS) is 16.0. The van der Waals surface area contributed by atoms with Crippen LogP contribution >= 0.6 is 35.0 Å². The van der Waals surface area contributed by atoms with Crippen LogP contribution in [0.25, 0.3) is 0 Å². The summed E-state index contributed by atoms with van der Waals surface area (Å²) in [5.74, 6) is -1.64. The third-order valence-electron chi connectivity index (χ3n) is 4.73. The lowest BCUT2D eigenvalue weighted by molar-refractivity contribution is -0.105. The first-order chi connectivity index (χ1) is 14.4. The van der Waals surface area contributed by atoms with Crippen molar-refractivity contribution in [3.63, 3.8) is 0 Å². The molecule has 0 aromatic heterocycles. The summed E-state index contributed by atoms with van der Waals surface area (Å²) < 4.78 is 79.3. The van der Waals surface area contributed by atoms with Gasteiger partial charge in [-0.2, -0.15) is 17.5 Å². The Morgan fingerprint density at radius 1 is 1.06 bits per heavy atom. The van der Waals surface area contributed by atoms with Crippen LogP contribution in [0.1, 0.15) is 5.56 Å². The SMILES string of the molecule is Cc1cc(F)c(N2CCN(S(=O)(=O)c3ccc(Cl)cc3Cl)CC2)cc1SCC(F)(F)F. The summed E-state index contributed by atoms with van der Waals surface area (Å²) in [4.78, 5) is 1.89. The minimum Gasteiger partial charge on any atom is -0.366 e. The number of rotatable bonds is 5. The van der Waals surface area contributed by atoms with E-state index in [1.165, 1.54) is 34.6 Å². The highest BCUT2D eigenvalue weighted by atomic mass is 35.5. The molecule has 0 N–H and O–H groups in total. The number of benzene rings is 2. The Morgan fingerprint density at radius 2 is 1.71 bits per heavy atom. The molecule has 1 aliphatic rings. The molecule has 0 atom stereocenters. The quantitative estimate of drug-likeness (QED) is 0.382. The molecule has 12 heteroatoms. The van der Waals surface area contributed by atoms with Crippen molar-refractivity contribution < 1.29 is 26.0 Å². The number of hydrogen-bond acceptors (Lipinski definition) is 4. The van der Waals surface area contributed by atoms with E-state index in [9.17, 15) is 26.0 Å². The third kappa shape index (κ3) is 5.78. The van der Waals surface area contributed by atoms with Gasteiger partial charge in [0.25, 0.3) is 0 Å². The lowest BCUT2D eigenvalue weighted by Gasteiger charge is -2.36. The molecule has 4 nitrogen and oxygen atoms in total. The Hall–Kier alpha value is -1.20. The van der Waals surface area contributed by atoms with E-state index < -0.39 is 27.8 Å². The number of sulfonamides is 1. The van der Waals surface area contributed by atoms with Crippen molar-refractivity contribution >= 4 is 50.7 Å². The molecule has 1 fully saturated rings. The van der Waals surface area contributed by atoms with Gasteiger partial charge in [0.1, 0.15) is 10.7 Å². The minimum atomic E-state index is -4.34. The van der Waals surface area contributed by atoms with Crippen LogP contribution in [0.4, 0.5) is 23.2 Å². The standard InChI is InChI=1S/C19H18Cl2F4N2O2S2/c1-12-8-15(22)16(10-17(12)30-11-19(23,24)25)26-4-6-27(7-5-26)31(28,29)18-3-2-13(20)9-14(18)21/h2-3,8-10H,4-7,11H2,1H3. The second-order valence-corrected chi connectivity index (χ2v) is 10.7. The number of aryl methyl sites for hydroxylation is 1. The number of alkyl halides is 3. The van der Waals surface area contributed by atoms with Gasteiger partial charge < -0.3 is 4.90 Å². The molecule has 0 spiro atoms. The van der Waals surface area contributed by atoms with Gasteiger partial charge in [-0.05, 0) is 42.8 Å². The molecule has 1 heterocycles. The Kier molecular flexibility index (Phi) is 7.37. The van der Waals surface area contributed by atoms with Crippen molar-refractivity contribution in [2.45, 2.75) is 22.9 Å². The fourth-order valence-corrected chi connectivity index (χ4v) is 6.16. The summed E-state index contributed by atoms with van der Waals surface area (Å²) in [5.41, 5.74) is 0.561. The molecular formula is C19H18Cl2F4N2O2S2. The molecule has 0 unspecified atom stereocenters. The highest BCUT2D eigenvalue weighted by Crippen LogP contribution is 2.35. The van der Waals surface area contributed by atoms with Gasteiger partial charge in [-0.25, -0.2) is 12.8 Å². The number of anilines is 1. The van der Waals surface area contributed by atoms with Crippen LogP contribution < -0.4 is 4.90 Å². The first-order valence-electron chi connectivity index (χ1n) is 9.08. The summed E-state index contributed by atoms with van der Waals surface area (Å²) in [6, 6.07) is 6.69. The molecule has 0 bridgehead atoms. The molecule has 31 heavy (non-hydrogen) atoms. The van der Waals surface area contributed by atoms with Crippen LogP contribution in [0.3, 0.4) is 0 Å². The number of thioether (sulfide) groups is 1. The van der Waals surface area contributed by atoms with E-state index in [1.807, 2.05) is 0 Å². The molecule has 1 saturated heterocycles. The lowest BCUT2D eigenvalue weighted by Crippen LogP contribution is -2.49. The lowest BCUT2D eigenvalue weighted by atomic mass is 10.2. The first kappa shape index (κ1) is 24.4. The van der Waals surface area contributed by atoms with E-state index in [0.717, 1.165) is 0 Å². The van der Waals surface area contributed by atoms with Gasteiger partial charge in [0.15, 0.2) is 0 Å². The molecule has 2 aromatic carbocycles. The zero-order valence-electron chi connectivity index (χ0n) is 16.2. The monoisotopic (exact) mass is 516 g/mol. The molecule has 170 valence electrons. The highest BCUT2D eigenvalue weighted by molar-refractivity contribution is 7.99. The maximum atomic E-state index is 14.5. The van der Waals surface area contributed by atoms with Crippen LogP contribution in [0, 0.1) is 12.7 Å². The summed E-state index contributed by atoms with van der Waals surface area (Å²) in [6.07, 6.45) is -4.34. The number of halogens is 6. The summed E-state index contributed by atoms with van der Waals surface area (Å²) >= 11 is 12.5. The van der Waals surface area contributed by atoms with E-state index in [2.05, 4.69) is 0 Å². The smallest absolute Gasteiger partial charge is 0.366 e. The molecule has 0 amide bonds. The molecule has 0 aliphatic carbocycles. The van der Waals surface area contributed by atoms with Gasteiger partial charge in [-0.1, -0.05) is 23.2 Å². The van der Waals surface area contributed by atoms with Crippen molar-refractivity contribution in [2.24, 2.45) is 0 Å². The van der Waals surface area contributed by atoms with Gasteiger partial charge in [0, 0.05) is 36.1 Å². The summed E-state index contributed by atoms with van der Waals surface area (Å²) in [5, 5.41) is 0.314. The molecule has 2 aromatic rings. The average Bonchev–Trinajstić information content (AvgIpc) is 2.66. The molecule has 3 rings (SSSR count). The van der Waals surface area contributed by atoms with Gasteiger partial charge >= 0.3 is 6.18 Å². The van der Waals surface area contributed by atoms with Crippen LogP contribution in [0.5, 0.6) is 0 Å². The van der Waals surface area contributed by atoms with E-state index in [0.29, 0.717) is 27.2 Å². The van der Waals surface area contributed by atoms with E-state index >= 15 is 0 Å². The van der Waals surface area contributed by atoms with Gasteiger partial charge in [-0.3, -0.25) is 0 Å². The van der Waals surface area contributed by atoms with Crippen molar-refractivity contribution in [1.82, 2.24) is 4.31 Å². The van der Waals surface area contributed by atoms with E-state index in [1.54, 1.807) is 11.8 Å². The fourth-order valence-electron chi connectivity index (χ4n) is 3.19. The number of hydrogen-bond donors (Lipinski definition) is 0. The predicted molar refractivity (Wildman–Crippen MR) is 115 cm³/mol. The van der Waals surface area contributed by atoms with Gasteiger partial charge in [-0.15, -0.1) is 11.8 Å². The first-order valence-corrected chi connectivity index (χ1v) is 12.3. The zero-order chi connectivity index (χ0) is 23.0. The number of piperazine rings is 1. The van der Waals surface area contributed by atoms with E-state index in [-0.39, 0.29) is 41.8 Å². The van der Waals surface area contributed by atoms with E-state index in [4.69, 9.17) is 23.2 Å². The average molecular weight is 517 g/mol. The zero-order valence-corrected chi connectivity index (χ0v) is 19.4. The molecular weight excluding hydrogens is 499 g/mol. The summed E-state index contributed by atoms with van der Waals surface area (Å²) in [6.45, 7) is 2.03. The Bertz CT molecular complexity index is 1070. The molecule has 1 aliphatic heterocycles. The second kappa shape index (κ2) is 9.35. The Labute approximate surface area is 192 Å². The number of nitrogens with zero attached hydrogens (tertiary/aromatic N) is 2. The highest BCUT2D eigenvalue weighted by Gasteiger charge is 2.32. The van der Waals surface area contributed by atoms with Crippen LogP contribution in [-0.2, 0) is 10.0 Å². The maximum Gasteiger partial charge on any atom is 0.398 e. The van der Waals surface area contributed by atoms with Crippen molar-refractivity contribution in [3.05, 3.63) is 51.8 Å². The molecule has 0 saturated carbocycles. The van der Waals surface area contributed by atoms with Crippen LogP contribution in [-0.4, -0.2) is 50.8 Å². The summed E-state index contributed by atoms with van der Waals surface area (Å²) in [7, 11) is -3.87. The van der Waals surface area contributed by atoms with Crippen molar-refractivity contribution in [2.75, 3.05) is 36.8 Å². The third-order valence-corrected chi connectivity index (χ3v) is 8.57. The van der Waals surface area contributed by atoms with Gasteiger partial charge in [0.05, 0.1) is 16.5 Å².